The number of carbonyl (C=O) groups is 1. The molecule has 1 atom stereocenters. The van der Waals surface area contributed by atoms with Crippen LogP contribution in [0.4, 0.5) is 4.79 Å². The molecule has 1 aromatic carbocycles. The quantitative estimate of drug-likeness (QED) is 0.856. The van der Waals surface area contributed by atoms with Crippen LogP contribution in [0.15, 0.2) is 41.8 Å². The molecular weight excluding hydrogens is 242 g/mol. The smallest absolute Gasteiger partial charge is 0.410 e. The van der Waals surface area contributed by atoms with E-state index < -0.39 is 22.0 Å². The minimum Gasteiger partial charge on any atom is -0.410 e. The van der Waals surface area contributed by atoms with Crippen molar-refractivity contribution in [2.45, 2.75) is 6.04 Å². The summed E-state index contributed by atoms with van der Waals surface area (Å²) in [6, 6.07) is 8.04. The second-order valence-electron chi connectivity index (χ2n) is 3.61. The minimum atomic E-state index is -3.16. The first-order chi connectivity index (χ1) is 8.05. The fraction of sp³-hybridized carbons (Fsp3) is 0.182. The largest absolute Gasteiger partial charge is 0.413 e. The maximum Gasteiger partial charge on any atom is 0.413 e. The van der Waals surface area contributed by atoms with Crippen molar-refractivity contribution in [1.29, 1.82) is 0 Å². The molecule has 0 saturated heterocycles. The average Bonchev–Trinajstić information content (AvgIpc) is 2.59. The number of para-hydroxylation sites is 1. The lowest BCUT2D eigenvalue weighted by molar-refractivity contribution is 0.199. The number of amides is 1. The second kappa shape index (κ2) is 4.58. The van der Waals surface area contributed by atoms with Gasteiger partial charge in [0.2, 0.25) is 0 Å². The van der Waals surface area contributed by atoms with Crippen LogP contribution in [0, 0.1) is 0 Å². The van der Waals surface area contributed by atoms with E-state index >= 15 is 0 Å². The fourth-order valence-electron chi connectivity index (χ4n) is 1.44. The molecule has 90 valence electrons. The van der Waals surface area contributed by atoms with Gasteiger partial charge in [-0.05, 0) is 18.2 Å². The summed E-state index contributed by atoms with van der Waals surface area (Å²) in [6.45, 7) is 0. The van der Waals surface area contributed by atoms with Gasteiger partial charge < -0.3 is 10.1 Å². The topological polar surface area (TPSA) is 72.5 Å². The van der Waals surface area contributed by atoms with E-state index in [1.807, 2.05) is 0 Å². The van der Waals surface area contributed by atoms with Crippen LogP contribution < -0.4 is 10.1 Å². The van der Waals surface area contributed by atoms with Crippen molar-refractivity contribution in [2.75, 3.05) is 5.75 Å². The lowest BCUT2D eigenvalue weighted by atomic mass is 10.3. The molecule has 1 aliphatic rings. The summed E-state index contributed by atoms with van der Waals surface area (Å²) in [5, 5.41) is 3.55. The van der Waals surface area contributed by atoms with Gasteiger partial charge in [0, 0.05) is 5.41 Å². The van der Waals surface area contributed by atoms with Gasteiger partial charge in [0.25, 0.3) is 0 Å². The monoisotopic (exact) mass is 253 g/mol. The molecule has 0 unspecified atom stereocenters. The Bertz CT molecular complexity index is 536. The van der Waals surface area contributed by atoms with E-state index in [0.717, 1.165) is 5.41 Å². The summed E-state index contributed by atoms with van der Waals surface area (Å²) in [5.41, 5.74) is 0. The Morgan fingerprint density at radius 2 is 2.00 bits per heavy atom. The normalized spacial score (nSPS) is 21.1. The Morgan fingerprint density at radius 1 is 1.29 bits per heavy atom. The van der Waals surface area contributed by atoms with E-state index in [1.165, 1.54) is 6.08 Å². The Hall–Kier alpha value is -1.82. The van der Waals surface area contributed by atoms with Gasteiger partial charge >= 0.3 is 6.09 Å². The zero-order valence-corrected chi connectivity index (χ0v) is 9.68. The van der Waals surface area contributed by atoms with Gasteiger partial charge in [-0.3, -0.25) is 0 Å². The van der Waals surface area contributed by atoms with Gasteiger partial charge in [-0.25, -0.2) is 13.2 Å². The Kier molecular flexibility index (Phi) is 3.14. The summed E-state index contributed by atoms with van der Waals surface area (Å²) in [6.07, 6.45) is 0.768. The van der Waals surface area contributed by atoms with Crippen molar-refractivity contribution in [3.63, 3.8) is 0 Å². The number of hydrogen-bond donors (Lipinski definition) is 1. The van der Waals surface area contributed by atoms with Crippen LogP contribution >= 0.6 is 0 Å². The summed E-state index contributed by atoms with van der Waals surface area (Å²) >= 11 is 0. The first-order valence-corrected chi connectivity index (χ1v) is 6.71. The zero-order valence-electron chi connectivity index (χ0n) is 8.87. The highest BCUT2D eigenvalue weighted by Gasteiger charge is 2.23. The van der Waals surface area contributed by atoms with E-state index in [-0.39, 0.29) is 5.75 Å². The molecule has 1 N–H and O–H groups in total. The van der Waals surface area contributed by atoms with Crippen molar-refractivity contribution in [3.8, 4) is 5.75 Å². The standard InChI is InChI=1S/C11H11NO4S/c13-11(16-10-4-2-1-3-5-10)12-9-6-7-17(14,15)8-9/h1-7,9H,8H2,(H,12,13)/t9-/m0/s1. The molecule has 1 aromatic rings. The van der Waals surface area contributed by atoms with Crippen molar-refractivity contribution in [3.05, 3.63) is 41.8 Å². The van der Waals surface area contributed by atoms with Crippen molar-refractivity contribution < 1.29 is 17.9 Å². The first-order valence-electron chi connectivity index (χ1n) is 4.99. The predicted octanol–water partition coefficient (Wildman–Crippen LogP) is 1.09. The third kappa shape index (κ3) is 3.32. The summed E-state index contributed by atoms with van der Waals surface area (Å²) in [4.78, 5) is 11.4. The molecule has 6 heteroatoms. The van der Waals surface area contributed by atoms with Crippen molar-refractivity contribution >= 4 is 15.9 Å². The van der Waals surface area contributed by atoms with E-state index in [9.17, 15) is 13.2 Å². The van der Waals surface area contributed by atoms with Crippen LogP contribution in [-0.4, -0.2) is 26.3 Å². The van der Waals surface area contributed by atoms with E-state index in [2.05, 4.69) is 5.32 Å². The second-order valence-corrected chi connectivity index (χ2v) is 5.54. The molecule has 5 nitrogen and oxygen atoms in total. The van der Waals surface area contributed by atoms with Crippen LogP contribution in [0.1, 0.15) is 0 Å². The highest BCUT2D eigenvalue weighted by Crippen LogP contribution is 2.10. The van der Waals surface area contributed by atoms with E-state index in [0.29, 0.717) is 5.75 Å². The molecule has 0 spiro atoms. The summed E-state index contributed by atoms with van der Waals surface area (Å²) in [7, 11) is -3.16. The van der Waals surface area contributed by atoms with Gasteiger partial charge in [-0.2, -0.15) is 0 Å². The number of sulfone groups is 1. The van der Waals surface area contributed by atoms with Gasteiger partial charge in [-0.15, -0.1) is 0 Å². The molecular formula is C11H11NO4S. The first kappa shape index (κ1) is 11.7. The van der Waals surface area contributed by atoms with Crippen LogP contribution in [0.2, 0.25) is 0 Å². The molecule has 17 heavy (non-hydrogen) atoms. The van der Waals surface area contributed by atoms with Gasteiger partial charge in [0.15, 0.2) is 9.84 Å². The van der Waals surface area contributed by atoms with Gasteiger partial charge in [-0.1, -0.05) is 18.2 Å². The van der Waals surface area contributed by atoms with Crippen LogP contribution in [0.5, 0.6) is 5.75 Å². The molecule has 1 heterocycles. The maximum absolute atomic E-state index is 11.4. The molecule has 0 fully saturated rings. The van der Waals surface area contributed by atoms with Gasteiger partial charge in [0.1, 0.15) is 5.75 Å². The minimum absolute atomic E-state index is 0.114. The van der Waals surface area contributed by atoms with Crippen LogP contribution in [0.3, 0.4) is 0 Å². The molecule has 0 saturated carbocycles. The fourth-order valence-corrected chi connectivity index (χ4v) is 2.68. The third-order valence-electron chi connectivity index (χ3n) is 2.19. The Balaban J connectivity index is 1.89. The molecule has 0 bridgehead atoms. The molecule has 1 aliphatic heterocycles. The lowest BCUT2D eigenvalue weighted by Crippen LogP contribution is -2.37. The number of nitrogens with one attached hydrogen (secondary N) is 1. The number of hydrogen-bond acceptors (Lipinski definition) is 4. The van der Waals surface area contributed by atoms with Crippen LogP contribution in [0.25, 0.3) is 0 Å². The SMILES string of the molecule is O=C(N[C@H]1C=CS(=O)(=O)C1)Oc1ccccc1. The molecule has 2 rings (SSSR count). The summed E-state index contributed by atoms with van der Waals surface area (Å²) < 4.78 is 27.2. The Labute approximate surface area is 99.0 Å². The lowest BCUT2D eigenvalue weighted by Gasteiger charge is -2.09. The highest BCUT2D eigenvalue weighted by atomic mass is 32.2. The van der Waals surface area contributed by atoms with Crippen LogP contribution in [-0.2, 0) is 9.84 Å². The van der Waals surface area contributed by atoms with Crippen molar-refractivity contribution in [2.24, 2.45) is 0 Å². The summed E-state index contributed by atoms with van der Waals surface area (Å²) in [5.74, 6) is 0.298. The molecule has 0 radical (unpaired) electrons. The maximum atomic E-state index is 11.4. The highest BCUT2D eigenvalue weighted by molar-refractivity contribution is 7.94. The average molecular weight is 253 g/mol. The van der Waals surface area contributed by atoms with Crippen molar-refractivity contribution in [1.82, 2.24) is 5.32 Å². The number of rotatable bonds is 2. The zero-order chi connectivity index (χ0) is 12.3. The predicted molar refractivity (Wildman–Crippen MR) is 62.3 cm³/mol. The number of ether oxygens (including phenoxy) is 1. The third-order valence-corrected chi connectivity index (χ3v) is 3.58. The number of benzene rings is 1. The molecule has 0 aliphatic carbocycles. The van der Waals surface area contributed by atoms with Gasteiger partial charge in [0.05, 0.1) is 11.8 Å². The molecule has 1 amide bonds. The van der Waals surface area contributed by atoms with E-state index in [4.69, 9.17) is 4.74 Å². The number of carbonyl (C=O) groups excluding carboxylic acids is 1. The Morgan fingerprint density at radius 3 is 2.59 bits per heavy atom. The van der Waals surface area contributed by atoms with E-state index in [1.54, 1.807) is 30.3 Å². The molecule has 0 aromatic heterocycles.